The fourth-order valence-corrected chi connectivity index (χ4v) is 1.59. The Morgan fingerprint density at radius 1 is 1.24 bits per heavy atom. The summed E-state index contributed by atoms with van der Waals surface area (Å²) in [5.41, 5.74) is 8.50. The number of nitrogens with one attached hydrogen (secondary N) is 1. The first-order chi connectivity index (χ1) is 8.16. The number of aromatic nitrogens is 1. The van der Waals surface area contributed by atoms with Crippen molar-refractivity contribution < 1.29 is 0 Å². The van der Waals surface area contributed by atoms with E-state index < -0.39 is 0 Å². The van der Waals surface area contributed by atoms with E-state index >= 15 is 0 Å². The molecule has 0 saturated carbocycles. The van der Waals surface area contributed by atoms with Gasteiger partial charge in [0.05, 0.1) is 0 Å². The predicted molar refractivity (Wildman–Crippen MR) is 74.6 cm³/mol. The summed E-state index contributed by atoms with van der Waals surface area (Å²) in [4.78, 5) is 4.62. The second-order valence-corrected chi connectivity index (χ2v) is 4.18. The molecule has 0 aliphatic rings. The van der Waals surface area contributed by atoms with Crippen LogP contribution in [0.1, 0.15) is 11.1 Å². The molecule has 0 aliphatic heterocycles. The Labute approximate surface area is 106 Å². The lowest BCUT2D eigenvalue weighted by Crippen LogP contribution is -2.09. The van der Waals surface area contributed by atoms with Crippen LogP contribution in [-0.2, 0) is 0 Å². The fourth-order valence-electron chi connectivity index (χ4n) is 1.46. The van der Waals surface area contributed by atoms with E-state index in [-0.39, 0.29) is 0 Å². The molecular weight excluding hydrogens is 230 g/mol. The predicted octanol–water partition coefficient (Wildman–Crippen LogP) is 2.77. The van der Waals surface area contributed by atoms with Gasteiger partial charge in [-0.15, -0.1) is 0 Å². The Kier molecular flexibility index (Phi) is 3.35. The number of anilines is 2. The number of para-hydroxylation sites is 1. The van der Waals surface area contributed by atoms with Gasteiger partial charge in [0.2, 0.25) is 0 Å². The molecule has 0 spiro atoms. The van der Waals surface area contributed by atoms with E-state index in [9.17, 15) is 0 Å². The third-order valence-electron chi connectivity index (χ3n) is 2.46. The standard InChI is InChI=1S/C13H13N3S/c1-9-4-2-3-5-11(9)16-12-7-6-10(8-15-12)13(14)17/h2-8H,1H3,(H2,14,17)(H,15,16). The summed E-state index contributed by atoms with van der Waals surface area (Å²) in [6.45, 7) is 2.05. The van der Waals surface area contributed by atoms with Gasteiger partial charge in [0.1, 0.15) is 10.8 Å². The molecule has 0 atom stereocenters. The van der Waals surface area contributed by atoms with E-state index in [0.29, 0.717) is 4.99 Å². The quantitative estimate of drug-likeness (QED) is 0.814. The van der Waals surface area contributed by atoms with Gasteiger partial charge in [-0.3, -0.25) is 0 Å². The lowest BCUT2D eigenvalue weighted by atomic mass is 10.2. The third-order valence-corrected chi connectivity index (χ3v) is 2.69. The number of nitrogens with zero attached hydrogens (tertiary/aromatic N) is 1. The van der Waals surface area contributed by atoms with Gasteiger partial charge in [0.15, 0.2) is 0 Å². The van der Waals surface area contributed by atoms with Crippen molar-refractivity contribution >= 4 is 28.7 Å². The minimum Gasteiger partial charge on any atom is -0.389 e. The Balaban J connectivity index is 2.20. The van der Waals surface area contributed by atoms with E-state index in [4.69, 9.17) is 18.0 Å². The monoisotopic (exact) mass is 243 g/mol. The van der Waals surface area contributed by atoms with Crippen LogP contribution in [-0.4, -0.2) is 9.97 Å². The van der Waals surface area contributed by atoms with Crippen LogP contribution in [0.15, 0.2) is 42.6 Å². The summed E-state index contributed by atoms with van der Waals surface area (Å²) >= 11 is 4.87. The minimum absolute atomic E-state index is 0.361. The second-order valence-electron chi connectivity index (χ2n) is 3.74. The van der Waals surface area contributed by atoms with E-state index in [2.05, 4.69) is 10.3 Å². The second kappa shape index (κ2) is 4.93. The largest absolute Gasteiger partial charge is 0.389 e. The lowest BCUT2D eigenvalue weighted by Gasteiger charge is -2.08. The van der Waals surface area contributed by atoms with Crippen molar-refractivity contribution in [2.45, 2.75) is 6.92 Å². The Morgan fingerprint density at radius 3 is 2.59 bits per heavy atom. The smallest absolute Gasteiger partial charge is 0.130 e. The lowest BCUT2D eigenvalue weighted by molar-refractivity contribution is 1.29. The first-order valence-corrected chi connectivity index (χ1v) is 5.66. The number of benzene rings is 1. The molecule has 0 aliphatic carbocycles. The minimum atomic E-state index is 0.361. The van der Waals surface area contributed by atoms with Gasteiger partial charge in [0.25, 0.3) is 0 Å². The highest BCUT2D eigenvalue weighted by Crippen LogP contribution is 2.18. The van der Waals surface area contributed by atoms with Crippen LogP contribution in [0.25, 0.3) is 0 Å². The maximum atomic E-state index is 5.51. The molecule has 4 heteroatoms. The summed E-state index contributed by atoms with van der Waals surface area (Å²) in [5.74, 6) is 0.777. The number of rotatable bonds is 3. The van der Waals surface area contributed by atoms with Crippen molar-refractivity contribution in [1.29, 1.82) is 0 Å². The van der Waals surface area contributed by atoms with Gasteiger partial charge in [-0.05, 0) is 30.7 Å². The number of pyridine rings is 1. The number of thiocarbonyl (C=S) groups is 1. The van der Waals surface area contributed by atoms with Crippen molar-refractivity contribution in [2.24, 2.45) is 5.73 Å². The maximum absolute atomic E-state index is 5.51. The van der Waals surface area contributed by atoms with Gasteiger partial charge in [-0.25, -0.2) is 4.98 Å². The molecule has 0 radical (unpaired) electrons. The number of nitrogens with two attached hydrogens (primary N) is 1. The Hall–Kier alpha value is -1.94. The summed E-state index contributed by atoms with van der Waals surface area (Å²) in [5, 5.41) is 3.24. The summed E-state index contributed by atoms with van der Waals surface area (Å²) in [7, 11) is 0. The molecule has 2 rings (SSSR count). The molecule has 3 N–H and O–H groups in total. The average molecular weight is 243 g/mol. The van der Waals surface area contributed by atoms with Crippen LogP contribution < -0.4 is 11.1 Å². The highest BCUT2D eigenvalue weighted by atomic mass is 32.1. The molecule has 1 heterocycles. The van der Waals surface area contributed by atoms with Crippen LogP contribution >= 0.6 is 12.2 Å². The molecule has 86 valence electrons. The zero-order valence-corrected chi connectivity index (χ0v) is 10.3. The Morgan fingerprint density at radius 2 is 2.00 bits per heavy atom. The first kappa shape index (κ1) is 11.5. The molecule has 3 nitrogen and oxygen atoms in total. The highest BCUT2D eigenvalue weighted by molar-refractivity contribution is 7.80. The number of hydrogen-bond acceptors (Lipinski definition) is 3. The zero-order chi connectivity index (χ0) is 12.3. The van der Waals surface area contributed by atoms with E-state index in [1.165, 1.54) is 5.56 Å². The van der Waals surface area contributed by atoms with E-state index in [1.54, 1.807) is 6.20 Å². The van der Waals surface area contributed by atoms with Crippen molar-refractivity contribution in [2.75, 3.05) is 5.32 Å². The van der Waals surface area contributed by atoms with Crippen molar-refractivity contribution in [3.63, 3.8) is 0 Å². The molecule has 0 amide bonds. The molecular formula is C13H13N3S. The Bertz CT molecular complexity index is 535. The SMILES string of the molecule is Cc1ccccc1Nc1ccc(C(N)=S)cn1. The average Bonchev–Trinajstić information content (AvgIpc) is 2.33. The summed E-state index contributed by atoms with van der Waals surface area (Å²) in [6.07, 6.45) is 1.67. The van der Waals surface area contributed by atoms with Crippen LogP contribution in [0.3, 0.4) is 0 Å². The molecule has 0 fully saturated rings. The van der Waals surface area contributed by atoms with Gasteiger partial charge < -0.3 is 11.1 Å². The zero-order valence-electron chi connectivity index (χ0n) is 9.47. The van der Waals surface area contributed by atoms with E-state index in [1.807, 2.05) is 43.3 Å². The normalized spacial score (nSPS) is 9.94. The van der Waals surface area contributed by atoms with Gasteiger partial charge in [-0.1, -0.05) is 30.4 Å². The summed E-state index contributed by atoms with van der Waals surface area (Å²) < 4.78 is 0. The number of hydrogen-bond donors (Lipinski definition) is 2. The van der Waals surface area contributed by atoms with E-state index in [0.717, 1.165) is 17.1 Å². The van der Waals surface area contributed by atoms with Crippen LogP contribution in [0.4, 0.5) is 11.5 Å². The van der Waals surface area contributed by atoms with Crippen molar-refractivity contribution in [3.05, 3.63) is 53.7 Å². The van der Waals surface area contributed by atoms with Crippen LogP contribution in [0.2, 0.25) is 0 Å². The van der Waals surface area contributed by atoms with Crippen molar-refractivity contribution in [1.82, 2.24) is 4.98 Å². The molecule has 1 aromatic heterocycles. The fraction of sp³-hybridized carbons (Fsp3) is 0.0769. The first-order valence-electron chi connectivity index (χ1n) is 5.25. The van der Waals surface area contributed by atoms with Crippen LogP contribution in [0.5, 0.6) is 0 Å². The van der Waals surface area contributed by atoms with Crippen LogP contribution in [0, 0.1) is 6.92 Å². The van der Waals surface area contributed by atoms with Gasteiger partial charge >= 0.3 is 0 Å². The maximum Gasteiger partial charge on any atom is 0.130 e. The molecule has 17 heavy (non-hydrogen) atoms. The molecule has 1 aromatic carbocycles. The van der Waals surface area contributed by atoms with Crippen molar-refractivity contribution in [3.8, 4) is 0 Å². The topological polar surface area (TPSA) is 50.9 Å². The van der Waals surface area contributed by atoms with Gasteiger partial charge in [0, 0.05) is 17.4 Å². The third kappa shape index (κ3) is 2.79. The molecule has 0 bridgehead atoms. The van der Waals surface area contributed by atoms with Gasteiger partial charge in [-0.2, -0.15) is 0 Å². The molecule has 2 aromatic rings. The summed E-state index contributed by atoms with van der Waals surface area (Å²) in [6, 6.07) is 11.8. The molecule has 0 unspecified atom stereocenters. The number of aryl methyl sites for hydroxylation is 1. The highest BCUT2D eigenvalue weighted by Gasteiger charge is 2.00. The molecule has 0 saturated heterocycles.